The van der Waals surface area contributed by atoms with Crippen LogP contribution >= 0.6 is 22.6 Å². The van der Waals surface area contributed by atoms with Gasteiger partial charge in [0.2, 0.25) is 0 Å². The summed E-state index contributed by atoms with van der Waals surface area (Å²) in [4.78, 5) is 13.8. The lowest BCUT2D eigenvalue weighted by Crippen LogP contribution is -2.61. The van der Waals surface area contributed by atoms with Gasteiger partial charge in [0, 0.05) is 3.57 Å². The number of rotatable bonds is 3. The van der Waals surface area contributed by atoms with Gasteiger partial charge in [0.1, 0.15) is 5.82 Å². The molecule has 132 valence electrons. The molecule has 2 aromatic rings. The fraction of sp³-hybridized carbons (Fsp3) is 0.235. The molecule has 0 spiro atoms. The second-order valence-corrected chi connectivity index (χ2v) is 7.44. The first-order chi connectivity index (χ1) is 11.7. The third kappa shape index (κ3) is 3.59. The number of hydrogen-bond donors (Lipinski definition) is 2. The predicted molar refractivity (Wildman–Crippen MR) is 95.3 cm³/mol. The number of hydrogen-bond acceptors (Lipinski definition) is 3. The van der Waals surface area contributed by atoms with Crippen LogP contribution in [-0.2, 0) is 0 Å². The van der Waals surface area contributed by atoms with Crippen LogP contribution in [-0.4, -0.2) is 34.6 Å². The van der Waals surface area contributed by atoms with Gasteiger partial charge < -0.3 is 15.3 Å². The van der Waals surface area contributed by atoms with Crippen molar-refractivity contribution in [1.29, 1.82) is 0 Å². The molecule has 1 heterocycles. The van der Waals surface area contributed by atoms with E-state index in [2.05, 4.69) is 5.32 Å². The molecule has 0 radical (unpaired) electrons. The van der Waals surface area contributed by atoms with Crippen LogP contribution < -0.4 is 5.32 Å². The summed E-state index contributed by atoms with van der Waals surface area (Å²) in [7, 11) is 0. The Balaban J connectivity index is 1.97. The van der Waals surface area contributed by atoms with Crippen molar-refractivity contribution in [3.63, 3.8) is 0 Å². The van der Waals surface area contributed by atoms with Gasteiger partial charge in [-0.05, 0) is 59.8 Å². The molecule has 1 amide bonds. The smallest absolute Gasteiger partial charge is 0.256 e. The molecule has 8 heteroatoms. The zero-order valence-corrected chi connectivity index (χ0v) is 15.3. The van der Waals surface area contributed by atoms with Crippen molar-refractivity contribution in [2.45, 2.75) is 12.5 Å². The zero-order valence-electron chi connectivity index (χ0n) is 13.1. The van der Waals surface area contributed by atoms with Crippen molar-refractivity contribution in [2.24, 2.45) is 0 Å². The summed E-state index contributed by atoms with van der Waals surface area (Å²) in [5.41, 5.74) is -1.64. The number of aliphatic hydroxyl groups is 1. The van der Waals surface area contributed by atoms with Crippen LogP contribution in [0.3, 0.4) is 0 Å². The SMILES string of the molecule is CC1(O)CN(C(=O)c2ccc(F)c(F)c2Nc2ccc(I)cc2F)C1. The monoisotopic (exact) mass is 462 g/mol. The van der Waals surface area contributed by atoms with Crippen LogP contribution in [0.4, 0.5) is 24.5 Å². The van der Waals surface area contributed by atoms with Crippen LogP contribution in [0.15, 0.2) is 30.3 Å². The predicted octanol–water partition coefficient (Wildman–Crippen LogP) is 3.66. The van der Waals surface area contributed by atoms with Crippen molar-refractivity contribution < 1.29 is 23.1 Å². The van der Waals surface area contributed by atoms with E-state index in [-0.39, 0.29) is 24.3 Å². The number of nitrogens with one attached hydrogen (secondary N) is 1. The molecular weight excluding hydrogens is 448 g/mol. The van der Waals surface area contributed by atoms with Gasteiger partial charge in [-0.15, -0.1) is 0 Å². The number of carbonyl (C=O) groups excluding carboxylic acids is 1. The van der Waals surface area contributed by atoms with Crippen LogP contribution in [0.5, 0.6) is 0 Å². The van der Waals surface area contributed by atoms with E-state index in [1.54, 1.807) is 13.0 Å². The maximum atomic E-state index is 14.3. The number of halogens is 4. The Labute approximate surface area is 155 Å². The molecule has 0 saturated carbocycles. The summed E-state index contributed by atoms with van der Waals surface area (Å²) >= 11 is 1.92. The normalized spacial score (nSPS) is 15.7. The second kappa shape index (κ2) is 6.49. The van der Waals surface area contributed by atoms with Gasteiger partial charge in [-0.3, -0.25) is 4.79 Å². The van der Waals surface area contributed by atoms with Crippen molar-refractivity contribution in [3.05, 3.63) is 56.9 Å². The topological polar surface area (TPSA) is 52.6 Å². The highest BCUT2D eigenvalue weighted by atomic mass is 127. The molecule has 1 fully saturated rings. The lowest BCUT2D eigenvalue weighted by Gasteiger charge is -2.44. The molecule has 25 heavy (non-hydrogen) atoms. The molecule has 2 aromatic carbocycles. The number of benzene rings is 2. The molecule has 1 aliphatic rings. The lowest BCUT2D eigenvalue weighted by molar-refractivity contribution is -0.0668. The molecule has 1 saturated heterocycles. The minimum Gasteiger partial charge on any atom is -0.386 e. The molecule has 0 unspecified atom stereocenters. The first-order valence-corrected chi connectivity index (χ1v) is 8.47. The summed E-state index contributed by atoms with van der Waals surface area (Å²) < 4.78 is 42.6. The van der Waals surface area contributed by atoms with Crippen LogP contribution in [0, 0.1) is 21.0 Å². The van der Waals surface area contributed by atoms with Gasteiger partial charge in [-0.1, -0.05) is 0 Å². The number of anilines is 2. The minimum absolute atomic E-state index is 0.0745. The van der Waals surface area contributed by atoms with Crippen LogP contribution in [0.25, 0.3) is 0 Å². The number of amides is 1. The number of likely N-dealkylation sites (tertiary alicyclic amines) is 1. The van der Waals surface area contributed by atoms with E-state index >= 15 is 0 Å². The highest BCUT2D eigenvalue weighted by molar-refractivity contribution is 14.1. The van der Waals surface area contributed by atoms with Crippen molar-refractivity contribution in [2.75, 3.05) is 18.4 Å². The Kier molecular flexibility index (Phi) is 4.67. The maximum absolute atomic E-state index is 14.3. The molecular formula is C17H14F3IN2O2. The second-order valence-electron chi connectivity index (χ2n) is 6.19. The van der Waals surface area contributed by atoms with Gasteiger partial charge in [-0.25, -0.2) is 13.2 Å². The summed E-state index contributed by atoms with van der Waals surface area (Å²) in [6.45, 7) is 1.74. The molecule has 3 rings (SSSR count). The lowest BCUT2D eigenvalue weighted by atomic mass is 9.95. The summed E-state index contributed by atoms with van der Waals surface area (Å²) in [5.74, 6) is -3.64. The number of nitrogens with zero attached hydrogens (tertiary/aromatic N) is 1. The standard InChI is InChI=1S/C17H14F3IN2O2/c1-17(25)7-23(8-17)16(24)10-3-4-11(18)14(20)15(10)22-13-5-2-9(21)6-12(13)19/h2-6,22,25H,7-8H2,1H3. The summed E-state index contributed by atoms with van der Waals surface area (Å²) in [5, 5.41) is 12.2. The van der Waals surface area contributed by atoms with E-state index in [9.17, 15) is 23.1 Å². The van der Waals surface area contributed by atoms with E-state index < -0.39 is 34.6 Å². The van der Waals surface area contributed by atoms with Crippen molar-refractivity contribution in [1.82, 2.24) is 4.90 Å². The Morgan fingerprint density at radius 2 is 1.88 bits per heavy atom. The molecule has 2 N–H and O–H groups in total. The Morgan fingerprint density at radius 3 is 2.48 bits per heavy atom. The summed E-state index contributed by atoms with van der Waals surface area (Å²) in [6.07, 6.45) is 0. The van der Waals surface area contributed by atoms with Crippen LogP contribution in [0.2, 0.25) is 0 Å². The zero-order chi connectivity index (χ0) is 18.4. The molecule has 0 aliphatic carbocycles. The quantitative estimate of drug-likeness (QED) is 0.685. The molecule has 0 bridgehead atoms. The molecule has 0 aromatic heterocycles. The average Bonchev–Trinajstić information content (AvgIpc) is 2.51. The largest absolute Gasteiger partial charge is 0.386 e. The Morgan fingerprint density at radius 1 is 1.20 bits per heavy atom. The Bertz CT molecular complexity index is 850. The summed E-state index contributed by atoms with van der Waals surface area (Å²) in [6, 6.07) is 6.19. The molecule has 1 aliphatic heterocycles. The fourth-order valence-corrected chi connectivity index (χ4v) is 3.12. The molecule has 0 atom stereocenters. The number of carbonyl (C=O) groups is 1. The highest BCUT2D eigenvalue weighted by Gasteiger charge is 2.40. The van der Waals surface area contributed by atoms with Crippen molar-refractivity contribution in [3.8, 4) is 0 Å². The van der Waals surface area contributed by atoms with E-state index in [0.717, 1.165) is 12.1 Å². The third-order valence-corrected chi connectivity index (χ3v) is 4.54. The average molecular weight is 462 g/mol. The third-order valence-electron chi connectivity index (χ3n) is 3.87. The first-order valence-electron chi connectivity index (χ1n) is 7.40. The van der Waals surface area contributed by atoms with Gasteiger partial charge in [-0.2, -0.15) is 0 Å². The van der Waals surface area contributed by atoms with Gasteiger partial charge in [0.15, 0.2) is 11.6 Å². The van der Waals surface area contributed by atoms with E-state index in [1.165, 1.54) is 17.0 Å². The van der Waals surface area contributed by atoms with Gasteiger partial charge >= 0.3 is 0 Å². The van der Waals surface area contributed by atoms with Crippen LogP contribution in [0.1, 0.15) is 17.3 Å². The minimum atomic E-state index is -1.27. The van der Waals surface area contributed by atoms with E-state index in [0.29, 0.717) is 3.57 Å². The maximum Gasteiger partial charge on any atom is 0.256 e. The number of β-amino-alcohol motifs (C(OH)–C–C–N with tert-alkyl or cyclic N) is 1. The Hall–Kier alpha value is -1.81. The molecule has 4 nitrogen and oxygen atoms in total. The first kappa shape index (κ1) is 18.0. The van der Waals surface area contributed by atoms with Crippen molar-refractivity contribution >= 4 is 39.9 Å². The fourth-order valence-electron chi connectivity index (χ4n) is 2.67. The highest BCUT2D eigenvalue weighted by Crippen LogP contribution is 2.31. The van der Waals surface area contributed by atoms with E-state index in [1.807, 2.05) is 22.6 Å². The van der Waals surface area contributed by atoms with Gasteiger partial charge in [0.25, 0.3) is 5.91 Å². The van der Waals surface area contributed by atoms with Gasteiger partial charge in [0.05, 0.1) is 35.6 Å². The van der Waals surface area contributed by atoms with E-state index in [4.69, 9.17) is 0 Å².